The predicted molar refractivity (Wildman–Crippen MR) is 52.2 cm³/mol. The number of nitrogens with zero attached hydrogens (tertiary/aromatic N) is 2. The molecule has 1 aromatic rings. The highest BCUT2D eigenvalue weighted by Crippen LogP contribution is 2.25. The molecule has 0 aromatic carbocycles. The fourth-order valence-electron chi connectivity index (χ4n) is 1.32. The zero-order valence-electron chi connectivity index (χ0n) is 8.38. The SMILES string of the molecule is CC(C)(CCN)CCc1ncn[nH]1. The quantitative estimate of drug-likeness (QED) is 0.716. The van der Waals surface area contributed by atoms with Gasteiger partial charge in [0, 0.05) is 6.42 Å². The molecule has 0 spiro atoms. The highest BCUT2D eigenvalue weighted by molar-refractivity contribution is 4.83. The van der Waals surface area contributed by atoms with Gasteiger partial charge in [0.2, 0.25) is 0 Å². The molecule has 0 fully saturated rings. The second-order valence-electron chi connectivity index (χ2n) is 4.14. The lowest BCUT2D eigenvalue weighted by Crippen LogP contribution is -2.18. The number of rotatable bonds is 5. The Morgan fingerprint density at radius 1 is 1.46 bits per heavy atom. The van der Waals surface area contributed by atoms with Crippen LogP contribution in [0.25, 0.3) is 0 Å². The monoisotopic (exact) mass is 182 g/mol. The molecule has 0 saturated carbocycles. The van der Waals surface area contributed by atoms with Crippen LogP contribution in [0, 0.1) is 5.41 Å². The summed E-state index contributed by atoms with van der Waals surface area (Å²) >= 11 is 0. The van der Waals surface area contributed by atoms with Crippen LogP contribution in [0.3, 0.4) is 0 Å². The maximum Gasteiger partial charge on any atom is 0.137 e. The van der Waals surface area contributed by atoms with Gasteiger partial charge in [-0.25, -0.2) is 4.98 Å². The summed E-state index contributed by atoms with van der Waals surface area (Å²) < 4.78 is 0. The van der Waals surface area contributed by atoms with Crippen molar-refractivity contribution in [3.8, 4) is 0 Å². The van der Waals surface area contributed by atoms with E-state index in [0.717, 1.165) is 31.6 Å². The van der Waals surface area contributed by atoms with E-state index in [4.69, 9.17) is 5.73 Å². The molecular weight excluding hydrogens is 164 g/mol. The summed E-state index contributed by atoms with van der Waals surface area (Å²) in [5.41, 5.74) is 5.83. The van der Waals surface area contributed by atoms with Gasteiger partial charge in [0.25, 0.3) is 0 Å². The zero-order valence-corrected chi connectivity index (χ0v) is 8.38. The largest absolute Gasteiger partial charge is 0.330 e. The number of nitrogens with one attached hydrogen (secondary N) is 1. The molecule has 1 rings (SSSR count). The highest BCUT2D eigenvalue weighted by atomic mass is 15.2. The molecule has 3 N–H and O–H groups in total. The molecule has 13 heavy (non-hydrogen) atoms. The van der Waals surface area contributed by atoms with Crippen LogP contribution in [0.1, 0.15) is 32.5 Å². The second kappa shape index (κ2) is 4.37. The number of nitrogens with two attached hydrogens (primary N) is 1. The van der Waals surface area contributed by atoms with Crippen LogP contribution in [0.15, 0.2) is 6.33 Å². The lowest BCUT2D eigenvalue weighted by atomic mass is 9.84. The molecule has 0 bridgehead atoms. The molecule has 4 nitrogen and oxygen atoms in total. The number of aromatic amines is 1. The minimum Gasteiger partial charge on any atom is -0.330 e. The minimum atomic E-state index is 0.307. The third-order valence-corrected chi connectivity index (χ3v) is 2.32. The first-order chi connectivity index (χ1) is 6.14. The van der Waals surface area contributed by atoms with Crippen LogP contribution in [-0.2, 0) is 6.42 Å². The number of H-pyrrole nitrogens is 1. The fraction of sp³-hybridized carbons (Fsp3) is 0.778. The molecule has 0 aliphatic heterocycles. The van der Waals surface area contributed by atoms with Crippen LogP contribution >= 0.6 is 0 Å². The standard InChI is InChI=1S/C9H18N4/c1-9(2,5-6-10)4-3-8-11-7-12-13-8/h7H,3-6,10H2,1-2H3,(H,11,12,13). The first-order valence-electron chi connectivity index (χ1n) is 4.68. The topological polar surface area (TPSA) is 67.6 Å². The van der Waals surface area contributed by atoms with Gasteiger partial charge in [0.05, 0.1) is 0 Å². The Labute approximate surface area is 78.9 Å². The fourth-order valence-corrected chi connectivity index (χ4v) is 1.32. The molecule has 0 saturated heterocycles. The third kappa shape index (κ3) is 3.55. The van der Waals surface area contributed by atoms with Crippen LogP contribution in [-0.4, -0.2) is 21.7 Å². The van der Waals surface area contributed by atoms with Gasteiger partial charge in [-0.2, -0.15) is 5.10 Å². The van der Waals surface area contributed by atoms with Crippen molar-refractivity contribution in [2.45, 2.75) is 33.1 Å². The molecule has 0 amide bonds. The van der Waals surface area contributed by atoms with Gasteiger partial charge >= 0.3 is 0 Å². The molecule has 0 atom stereocenters. The van der Waals surface area contributed by atoms with E-state index in [0.29, 0.717) is 5.41 Å². The van der Waals surface area contributed by atoms with Crippen molar-refractivity contribution in [3.63, 3.8) is 0 Å². The number of aryl methyl sites for hydroxylation is 1. The number of hydrogen-bond acceptors (Lipinski definition) is 3. The van der Waals surface area contributed by atoms with E-state index in [9.17, 15) is 0 Å². The molecule has 0 aliphatic rings. The van der Waals surface area contributed by atoms with Crippen LogP contribution in [0.2, 0.25) is 0 Å². The Morgan fingerprint density at radius 2 is 2.23 bits per heavy atom. The summed E-state index contributed by atoms with van der Waals surface area (Å²) in [5.74, 6) is 0.963. The van der Waals surface area contributed by atoms with Gasteiger partial charge in [-0.15, -0.1) is 0 Å². The first-order valence-corrected chi connectivity index (χ1v) is 4.68. The van der Waals surface area contributed by atoms with E-state index in [2.05, 4.69) is 29.0 Å². The second-order valence-corrected chi connectivity index (χ2v) is 4.14. The minimum absolute atomic E-state index is 0.307. The summed E-state index contributed by atoms with van der Waals surface area (Å²) in [6.07, 6.45) is 4.65. The van der Waals surface area contributed by atoms with Gasteiger partial charge < -0.3 is 5.73 Å². The molecular formula is C9H18N4. The van der Waals surface area contributed by atoms with E-state index in [1.807, 2.05) is 0 Å². The smallest absolute Gasteiger partial charge is 0.137 e. The van der Waals surface area contributed by atoms with Gasteiger partial charge in [0.1, 0.15) is 12.2 Å². The van der Waals surface area contributed by atoms with E-state index in [1.165, 1.54) is 0 Å². The Morgan fingerprint density at radius 3 is 2.77 bits per heavy atom. The molecule has 0 aliphatic carbocycles. The van der Waals surface area contributed by atoms with E-state index >= 15 is 0 Å². The average Bonchev–Trinajstić information content (AvgIpc) is 2.52. The summed E-state index contributed by atoms with van der Waals surface area (Å²) in [6, 6.07) is 0. The van der Waals surface area contributed by atoms with Crippen LogP contribution in [0.5, 0.6) is 0 Å². The molecule has 0 radical (unpaired) electrons. The van der Waals surface area contributed by atoms with Crippen molar-refractivity contribution < 1.29 is 0 Å². The summed E-state index contributed by atoms with van der Waals surface area (Å²) in [5, 5.41) is 6.67. The Kier molecular flexibility index (Phi) is 3.42. The first kappa shape index (κ1) is 10.2. The van der Waals surface area contributed by atoms with Crippen LogP contribution in [0.4, 0.5) is 0 Å². The lowest BCUT2D eigenvalue weighted by molar-refractivity contribution is 0.311. The highest BCUT2D eigenvalue weighted by Gasteiger charge is 2.16. The molecule has 1 aromatic heterocycles. The molecule has 74 valence electrons. The van der Waals surface area contributed by atoms with E-state index < -0.39 is 0 Å². The van der Waals surface area contributed by atoms with Gasteiger partial charge in [-0.1, -0.05) is 13.8 Å². The van der Waals surface area contributed by atoms with Gasteiger partial charge in [-0.05, 0) is 24.8 Å². The Bertz CT molecular complexity index is 228. The van der Waals surface area contributed by atoms with E-state index in [1.54, 1.807) is 6.33 Å². The summed E-state index contributed by atoms with van der Waals surface area (Å²) in [7, 11) is 0. The summed E-state index contributed by atoms with van der Waals surface area (Å²) in [4.78, 5) is 4.08. The van der Waals surface area contributed by atoms with Gasteiger partial charge in [-0.3, -0.25) is 5.10 Å². The lowest BCUT2D eigenvalue weighted by Gasteiger charge is -2.22. The number of aromatic nitrogens is 3. The van der Waals surface area contributed by atoms with Gasteiger partial charge in [0.15, 0.2) is 0 Å². The molecule has 1 heterocycles. The Hall–Kier alpha value is -0.900. The zero-order chi connectivity index (χ0) is 9.73. The van der Waals surface area contributed by atoms with Crippen molar-refractivity contribution in [2.24, 2.45) is 11.1 Å². The van der Waals surface area contributed by atoms with E-state index in [-0.39, 0.29) is 0 Å². The Balaban J connectivity index is 2.33. The predicted octanol–water partition coefficient (Wildman–Crippen LogP) is 1.11. The average molecular weight is 182 g/mol. The maximum absolute atomic E-state index is 5.53. The molecule has 4 heteroatoms. The third-order valence-electron chi connectivity index (χ3n) is 2.32. The van der Waals surface area contributed by atoms with Crippen molar-refractivity contribution in [1.82, 2.24) is 15.2 Å². The van der Waals surface area contributed by atoms with Crippen LogP contribution < -0.4 is 5.73 Å². The van der Waals surface area contributed by atoms with Crippen molar-refractivity contribution in [2.75, 3.05) is 6.54 Å². The van der Waals surface area contributed by atoms with Crippen molar-refractivity contribution in [1.29, 1.82) is 0 Å². The maximum atomic E-state index is 5.53. The summed E-state index contributed by atoms with van der Waals surface area (Å²) in [6.45, 7) is 5.22. The van der Waals surface area contributed by atoms with Crippen molar-refractivity contribution in [3.05, 3.63) is 12.2 Å². The normalized spacial score (nSPS) is 11.9. The molecule has 0 unspecified atom stereocenters. The van der Waals surface area contributed by atoms with Crippen molar-refractivity contribution >= 4 is 0 Å². The number of hydrogen-bond donors (Lipinski definition) is 2.